The van der Waals surface area contributed by atoms with Crippen LogP contribution in [0, 0.1) is 5.41 Å². The predicted octanol–water partition coefficient (Wildman–Crippen LogP) is 0.806. The fraction of sp³-hybridized carbons (Fsp3) is 0.769. The largest absolute Gasteiger partial charge is 0.481 e. The first kappa shape index (κ1) is 17.1. The Balaban J connectivity index is 2.37. The van der Waals surface area contributed by atoms with Gasteiger partial charge in [-0.1, -0.05) is 25.7 Å². The smallest absolute Gasteiger partial charge is 0.404 e. The predicted molar refractivity (Wildman–Crippen MR) is 74.7 cm³/mol. The molecule has 1 saturated carbocycles. The maximum Gasteiger partial charge on any atom is 0.404 e. The van der Waals surface area contributed by atoms with Crippen LogP contribution in [0.25, 0.3) is 0 Å². The first-order valence-corrected chi connectivity index (χ1v) is 7.14. The molecule has 0 bridgehead atoms. The molecule has 0 spiro atoms. The number of rotatable bonds is 6. The number of carboxylic acids is 1. The summed E-state index contributed by atoms with van der Waals surface area (Å²) < 4.78 is 4.46. The Morgan fingerprint density at radius 1 is 1.10 bits per heavy atom. The van der Waals surface area contributed by atoms with E-state index < -0.39 is 23.5 Å². The summed E-state index contributed by atoms with van der Waals surface area (Å²) in [5.74, 6) is -0.859. The lowest BCUT2D eigenvalue weighted by molar-refractivity contribution is -0.149. The molecule has 0 aliphatic heterocycles. The third-order valence-corrected chi connectivity index (χ3v) is 3.73. The number of carbonyl (C=O) groups is 3. The fourth-order valence-corrected chi connectivity index (χ4v) is 2.50. The first-order valence-electron chi connectivity index (χ1n) is 7.14. The average molecular weight is 301 g/mol. The summed E-state index contributed by atoms with van der Waals surface area (Å²) in [6.07, 6.45) is 4.04. The van der Waals surface area contributed by atoms with E-state index in [1.54, 1.807) is 0 Å². The number of nitrogens with one attached hydrogen (secondary N) is 2. The number of aliphatic carboxylic acids is 1. The second kappa shape index (κ2) is 8.33. The Morgan fingerprint density at radius 2 is 1.71 bits per heavy atom. The Labute approximate surface area is 123 Å². The van der Waals surface area contributed by atoms with Gasteiger partial charge >= 0.3 is 18.1 Å². The maximum absolute atomic E-state index is 11.6. The molecule has 8 heteroatoms. The zero-order chi connectivity index (χ0) is 15.7. The molecular weight excluding hydrogens is 278 g/mol. The minimum absolute atomic E-state index is 0.0210. The van der Waals surface area contributed by atoms with Crippen molar-refractivity contribution in [2.24, 2.45) is 11.1 Å². The molecule has 0 radical (unpaired) electrons. The molecule has 0 aromatic rings. The number of hydrogen-bond donors (Lipinski definition) is 4. The molecule has 0 heterocycles. The van der Waals surface area contributed by atoms with Crippen LogP contribution in [-0.2, 0) is 9.53 Å². The highest BCUT2D eigenvalue weighted by Gasteiger charge is 2.38. The van der Waals surface area contributed by atoms with Gasteiger partial charge in [0.05, 0.1) is 12.0 Å². The van der Waals surface area contributed by atoms with E-state index >= 15 is 0 Å². The lowest BCUT2D eigenvalue weighted by Crippen LogP contribution is -2.46. The van der Waals surface area contributed by atoms with Gasteiger partial charge in [0.1, 0.15) is 6.61 Å². The van der Waals surface area contributed by atoms with Crippen molar-refractivity contribution in [1.82, 2.24) is 10.6 Å². The van der Waals surface area contributed by atoms with Crippen molar-refractivity contribution in [3.63, 3.8) is 0 Å². The Hall–Kier alpha value is -1.99. The summed E-state index contributed by atoms with van der Waals surface area (Å²) in [5.41, 5.74) is 3.90. The van der Waals surface area contributed by atoms with E-state index in [4.69, 9.17) is 5.73 Å². The first-order chi connectivity index (χ1) is 9.96. The van der Waals surface area contributed by atoms with Gasteiger partial charge in [-0.3, -0.25) is 4.79 Å². The molecule has 0 unspecified atom stereocenters. The van der Waals surface area contributed by atoms with Crippen LogP contribution in [0.1, 0.15) is 38.5 Å². The van der Waals surface area contributed by atoms with Gasteiger partial charge in [0.15, 0.2) is 0 Å². The van der Waals surface area contributed by atoms with Crippen LogP contribution in [0.15, 0.2) is 0 Å². The van der Waals surface area contributed by atoms with E-state index in [-0.39, 0.29) is 19.7 Å². The van der Waals surface area contributed by atoms with Gasteiger partial charge in [-0.25, -0.2) is 9.59 Å². The normalized spacial score (nSPS) is 17.3. The maximum atomic E-state index is 11.6. The van der Waals surface area contributed by atoms with Crippen LogP contribution in [-0.4, -0.2) is 42.9 Å². The van der Waals surface area contributed by atoms with Gasteiger partial charge in [0.2, 0.25) is 0 Å². The molecule has 1 aliphatic carbocycles. The number of primary amides is 1. The Morgan fingerprint density at radius 3 is 2.24 bits per heavy atom. The molecule has 0 aromatic carbocycles. The molecular formula is C13H23N3O5. The highest BCUT2D eigenvalue weighted by Crippen LogP contribution is 2.34. The van der Waals surface area contributed by atoms with E-state index in [1.807, 2.05) is 0 Å². The van der Waals surface area contributed by atoms with Crippen molar-refractivity contribution < 1.29 is 24.2 Å². The van der Waals surface area contributed by atoms with Crippen molar-refractivity contribution in [2.45, 2.75) is 38.5 Å². The quantitative estimate of drug-likeness (QED) is 0.426. The topological polar surface area (TPSA) is 131 Å². The zero-order valence-electron chi connectivity index (χ0n) is 12.0. The monoisotopic (exact) mass is 301 g/mol. The van der Waals surface area contributed by atoms with Crippen molar-refractivity contribution in [3.8, 4) is 0 Å². The summed E-state index contributed by atoms with van der Waals surface area (Å²) in [6, 6.07) is -0.479. The van der Waals surface area contributed by atoms with Crippen LogP contribution in [0.5, 0.6) is 0 Å². The molecule has 8 nitrogen and oxygen atoms in total. The van der Waals surface area contributed by atoms with Gasteiger partial charge in [-0.15, -0.1) is 0 Å². The average Bonchev–Trinajstić information content (AvgIpc) is 2.67. The minimum atomic E-state index is -0.902. The van der Waals surface area contributed by atoms with Crippen LogP contribution < -0.4 is 16.4 Å². The SMILES string of the molecule is NC(=O)OCCNC(=O)NCC1(C(=O)O)CCCCCC1. The van der Waals surface area contributed by atoms with E-state index in [2.05, 4.69) is 15.4 Å². The molecule has 21 heavy (non-hydrogen) atoms. The Bertz CT molecular complexity index is 378. The molecule has 0 aromatic heterocycles. The molecule has 1 aliphatic rings. The number of ether oxygens (including phenoxy) is 1. The summed E-state index contributed by atoms with van der Waals surface area (Å²) in [4.78, 5) is 33.5. The van der Waals surface area contributed by atoms with Gasteiger partial charge < -0.3 is 26.2 Å². The molecule has 120 valence electrons. The number of hydrogen-bond acceptors (Lipinski definition) is 4. The standard InChI is InChI=1S/C13H23N3O5/c14-11(19)21-8-7-15-12(20)16-9-13(10(17)18)5-3-1-2-4-6-13/h1-9H2,(H2,14,19)(H,17,18)(H2,15,16,20). The summed E-state index contributed by atoms with van der Waals surface area (Å²) >= 11 is 0. The highest BCUT2D eigenvalue weighted by molar-refractivity contribution is 5.78. The van der Waals surface area contributed by atoms with Gasteiger partial charge in [0, 0.05) is 6.54 Å². The van der Waals surface area contributed by atoms with Crippen molar-refractivity contribution in [1.29, 1.82) is 0 Å². The lowest BCUT2D eigenvalue weighted by Gasteiger charge is -2.28. The summed E-state index contributed by atoms with van der Waals surface area (Å²) in [5, 5.41) is 14.5. The van der Waals surface area contributed by atoms with Gasteiger partial charge in [-0.05, 0) is 12.8 Å². The molecule has 5 N–H and O–H groups in total. The van der Waals surface area contributed by atoms with Gasteiger partial charge in [0.25, 0.3) is 0 Å². The summed E-state index contributed by atoms with van der Waals surface area (Å²) in [6.45, 7) is 0.201. The molecule has 1 rings (SSSR count). The molecule has 1 fully saturated rings. The van der Waals surface area contributed by atoms with Crippen LogP contribution >= 0.6 is 0 Å². The second-order valence-electron chi connectivity index (χ2n) is 5.28. The molecule has 3 amide bonds. The highest BCUT2D eigenvalue weighted by atomic mass is 16.5. The summed E-state index contributed by atoms with van der Waals surface area (Å²) in [7, 11) is 0. The van der Waals surface area contributed by atoms with Crippen molar-refractivity contribution in [2.75, 3.05) is 19.7 Å². The second-order valence-corrected chi connectivity index (χ2v) is 5.28. The van der Waals surface area contributed by atoms with Gasteiger partial charge in [-0.2, -0.15) is 0 Å². The number of nitrogens with two attached hydrogens (primary N) is 1. The third-order valence-electron chi connectivity index (χ3n) is 3.73. The number of amides is 3. The number of carboxylic acid groups (broad SMARTS) is 1. The zero-order valence-corrected chi connectivity index (χ0v) is 12.0. The number of urea groups is 1. The molecule has 0 saturated heterocycles. The van der Waals surface area contributed by atoms with E-state index in [0.29, 0.717) is 12.8 Å². The third kappa shape index (κ3) is 5.88. The van der Waals surface area contributed by atoms with Crippen molar-refractivity contribution in [3.05, 3.63) is 0 Å². The van der Waals surface area contributed by atoms with E-state index in [1.165, 1.54) is 0 Å². The number of carbonyl (C=O) groups excluding carboxylic acids is 2. The van der Waals surface area contributed by atoms with E-state index in [0.717, 1.165) is 25.7 Å². The lowest BCUT2D eigenvalue weighted by atomic mass is 9.80. The van der Waals surface area contributed by atoms with Crippen LogP contribution in [0.2, 0.25) is 0 Å². The fourth-order valence-electron chi connectivity index (χ4n) is 2.50. The Kier molecular flexibility index (Phi) is 6.77. The van der Waals surface area contributed by atoms with Crippen molar-refractivity contribution >= 4 is 18.1 Å². The minimum Gasteiger partial charge on any atom is -0.481 e. The van der Waals surface area contributed by atoms with Crippen LogP contribution in [0.4, 0.5) is 9.59 Å². The molecule has 0 atom stereocenters. The van der Waals surface area contributed by atoms with E-state index in [9.17, 15) is 19.5 Å². The van der Waals surface area contributed by atoms with Crippen LogP contribution in [0.3, 0.4) is 0 Å².